The molecule has 0 radical (unpaired) electrons. The van der Waals surface area contributed by atoms with Crippen molar-refractivity contribution in [1.82, 2.24) is 0 Å². The number of rotatable bonds is 4. The summed E-state index contributed by atoms with van der Waals surface area (Å²) in [5.74, 6) is -0.151. The van der Waals surface area contributed by atoms with E-state index in [0.717, 1.165) is 5.56 Å². The average molecular weight is 238 g/mol. The normalized spacial score (nSPS) is 10.0. The maximum Gasteiger partial charge on any atom is 0.196 e. The van der Waals surface area contributed by atoms with Gasteiger partial charge in [0.05, 0.1) is 5.56 Å². The Hall–Kier alpha value is -2.35. The molecule has 1 N–H and O–H groups in total. The van der Waals surface area contributed by atoms with Gasteiger partial charge in [-0.1, -0.05) is 42.5 Å². The molecule has 0 fully saturated rings. The van der Waals surface area contributed by atoms with Gasteiger partial charge in [-0.05, 0) is 24.1 Å². The third-order valence-electron chi connectivity index (χ3n) is 2.72. The molecule has 0 unspecified atom stereocenters. The minimum absolute atomic E-state index is 0.0169. The van der Waals surface area contributed by atoms with Crippen molar-refractivity contribution in [2.24, 2.45) is 0 Å². The molecule has 0 bridgehead atoms. The molecular weight excluding hydrogens is 224 g/mol. The van der Waals surface area contributed by atoms with Crippen LogP contribution in [0.15, 0.2) is 61.2 Å². The van der Waals surface area contributed by atoms with E-state index in [2.05, 4.69) is 6.58 Å². The van der Waals surface area contributed by atoms with Crippen molar-refractivity contribution >= 4 is 5.78 Å². The highest BCUT2D eigenvalue weighted by molar-refractivity contribution is 6.10. The lowest BCUT2D eigenvalue weighted by Gasteiger charge is -2.05. The number of hydrogen-bond acceptors (Lipinski definition) is 2. The minimum atomic E-state index is -0.168. The predicted octanol–water partition coefficient (Wildman–Crippen LogP) is 3.35. The summed E-state index contributed by atoms with van der Waals surface area (Å²) in [4.78, 5) is 12.2. The van der Waals surface area contributed by atoms with Gasteiger partial charge in [0, 0.05) is 5.56 Å². The first-order valence-electron chi connectivity index (χ1n) is 5.75. The summed E-state index contributed by atoms with van der Waals surface area (Å²) in [5, 5.41) is 9.89. The number of phenolic OH excluding ortho intramolecular Hbond substituents is 1. The first-order chi connectivity index (χ1) is 8.72. The van der Waals surface area contributed by atoms with E-state index in [-0.39, 0.29) is 11.5 Å². The first kappa shape index (κ1) is 12.1. The van der Waals surface area contributed by atoms with Crippen molar-refractivity contribution in [2.75, 3.05) is 0 Å². The SMILES string of the molecule is C=CCc1ccc(C(=O)c2ccccc2)c(O)c1. The van der Waals surface area contributed by atoms with E-state index >= 15 is 0 Å². The van der Waals surface area contributed by atoms with Crippen LogP contribution in [0.2, 0.25) is 0 Å². The van der Waals surface area contributed by atoms with Crippen molar-refractivity contribution in [1.29, 1.82) is 0 Å². The van der Waals surface area contributed by atoms with Crippen LogP contribution in [0.1, 0.15) is 21.5 Å². The summed E-state index contributed by atoms with van der Waals surface area (Å²) < 4.78 is 0. The number of carbonyl (C=O) groups is 1. The van der Waals surface area contributed by atoms with Crippen LogP contribution in [-0.2, 0) is 6.42 Å². The minimum Gasteiger partial charge on any atom is -0.507 e. The van der Waals surface area contributed by atoms with Gasteiger partial charge in [0.2, 0.25) is 0 Å². The van der Waals surface area contributed by atoms with Gasteiger partial charge in [0.25, 0.3) is 0 Å². The fourth-order valence-corrected chi connectivity index (χ4v) is 1.81. The van der Waals surface area contributed by atoms with E-state index in [4.69, 9.17) is 0 Å². The van der Waals surface area contributed by atoms with Gasteiger partial charge in [-0.2, -0.15) is 0 Å². The maximum absolute atomic E-state index is 12.2. The van der Waals surface area contributed by atoms with E-state index in [1.54, 1.807) is 42.5 Å². The van der Waals surface area contributed by atoms with E-state index in [1.807, 2.05) is 12.1 Å². The molecule has 2 aromatic carbocycles. The Balaban J connectivity index is 2.34. The van der Waals surface area contributed by atoms with Gasteiger partial charge in [-0.3, -0.25) is 4.79 Å². The molecule has 0 heterocycles. The van der Waals surface area contributed by atoms with Crippen molar-refractivity contribution in [3.63, 3.8) is 0 Å². The number of benzene rings is 2. The molecule has 0 aliphatic carbocycles. The second-order valence-corrected chi connectivity index (χ2v) is 4.04. The number of hydrogen-bond donors (Lipinski definition) is 1. The summed E-state index contributed by atoms with van der Waals surface area (Å²) in [6.45, 7) is 3.64. The van der Waals surface area contributed by atoms with Gasteiger partial charge in [0.15, 0.2) is 5.78 Å². The molecule has 2 heteroatoms. The molecule has 0 amide bonds. The van der Waals surface area contributed by atoms with E-state index in [1.165, 1.54) is 0 Å². The molecule has 18 heavy (non-hydrogen) atoms. The zero-order chi connectivity index (χ0) is 13.0. The molecule has 0 spiro atoms. The number of allylic oxidation sites excluding steroid dienone is 1. The highest BCUT2D eigenvalue weighted by atomic mass is 16.3. The maximum atomic E-state index is 12.2. The molecule has 0 aromatic heterocycles. The molecule has 0 saturated heterocycles. The van der Waals surface area contributed by atoms with Crippen LogP contribution in [0, 0.1) is 0 Å². The topological polar surface area (TPSA) is 37.3 Å². The van der Waals surface area contributed by atoms with Crippen LogP contribution in [0.25, 0.3) is 0 Å². The molecule has 2 rings (SSSR count). The van der Waals surface area contributed by atoms with Gasteiger partial charge in [0.1, 0.15) is 5.75 Å². The molecule has 2 aromatic rings. The lowest BCUT2D eigenvalue weighted by Crippen LogP contribution is -2.01. The fourth-order valence-electron chi connectivity index (χ4n) is 1.81. The largest absolute Gasteiger partial charge is 0.507 e. The second-order valence-electron chi connectivity index (χ2n) is 4.04. The van der Waals surface area contributed by atoms with Crippen LogP contribution < -0.4 is 0 Å². The lowest BCUT2D eigenvalue weighted by molar-refractivity contribution is 0.103. The zero-order valence-electron chi connectivity index (χ0n) is 9.97. The monoisotopic (exact) mass is 238 g/mol. The van der Waals surface area contributed by atoms with Crippen LogP contribution >= 0.6 is 0 Å². The summed E-state index contributed by atoms with van der Waals surface area (Å²) >= 11 is 0. The Morgan fingerprint density at radius 3 is 2.50 bits per heavy atom. The lowest BCUT2D eigenvalue weighted by atomic mass is 10.00. The highest BCUT2D eigenvalue weighted by Crippen LogP contribution is 2.22. The van der Waals surface area contributed by atoms with E-state index < -0.39 is 0 Å². The summed E-state index contributed by atoms with van der Waals surface area (Å²) in [6.07, 6.45) is 2.43. The summed E-state index contributed by atoms with van der Waals surface area (Å²) in [6, 6.07) is 14.0. The second kappa shape index (κ2) is 5.32. The molecule has 0 saturated carbocycles. The third kappa shape index (κ3) is 2.48. The summed E-state index contributed by atoms with van der Waals surface area (Å²) in [5.41, 5.74) is 1.84. The Morgan fingerprint density at radius 2 is 1.89 bits per heavy atom. The van der Waals surface area contributed by atoms with Crippen molar-refractivity contribution in [2.45, 2.75) is 6.42 Å². The molecule has 0 aliphatic heterocycles. The number of phenols is 1. The van der Waals surface area contributed by atoms with Gasteiger partial charge in [-0.25, -0.2) is 0 Å². The quantitative estimate of drug-likeness (QED) is 0.655. The third-order valence-corrected chi connectivity index (χ3v) is 2.72. The Labute approximate surface area is 106 Å². The molecule has 2 nitrogen and oxygen atoms in total. The Kier molecular flexibility index (Phi) is 3.58. The zero-order valence-corrected chi connectivity index (χ0v) is 9.97. The molecular formula is C16H14O2. The average Bonchev–Trinajstić information content (AvgIpc) is 2.40. The standard InChI is InChI=1S/C16H14O2/c1-2-6-12-9-10-14(15(17)11-12)16(18)13-7-4-3-5-8-13/h2-5,7-11,17H,1,6H2. The van der Waals surface area contributed by atoms with Gasteiger partial charge < -0.3 is 5.11 Å². The van der Waals surface area contributed by atoms with E-state index in [9.17, 15) is 9.90 Å². The van der Waals surface area contributed by atoms with Crippen LogP contribution in [0.3, 0.4) is 0 Å². The summed E-state index contributed by atoms with van der Waals surface area (Å²) in [7, 11) is 0. The van der Waals surface area contributed by atoms with Crippen LogP contribution in [0.4, 0.5) is 0 Å². The van der Waals surface area contributed by atoms with Crippen LogP contribution in [-0.4, -0.2) is 10.9 Å². The number of aromatic hydroxyl groups is 1. The van der Waals surface area contributed by atoms with E-state index in [0.29, 0.717) is 17.5 Å². The van der Waals surface area contributed by atoms with Crippen molar-refractivity contribution < 1.29 is 9.90 Å². The van der Waals surface area contributed by atoms with Crippen molar-refractivity contribution in [3.05, 3.63) is 77.9 Å². The Morgan fingerprint density at radius 1 is 1.17 bits per heavy atom. The molecule has 0 aliphatic rings. The number of ketones is 1. The Bertz CT molecular complexity index is 571. The van der Waals surface area contributed by atoms with Gasteiger partial charge >= 0.3 is 0 Å². The fraction of sp³-hybridized carbons (Fsp3) is 0.0625. The highest BCUT2D eigenvalue weighted by Gasteiger charge is 2.13. The van der Waals surface area contributed by atoms with Crippen molar-refractivity contribution in [3.8, 4) is 5.75 Å². The van der Waals surface area contributed by atoms with Gasteiger partial charge in [-0.15, -0.1) is 6.58 Å². The molecule has 90 valence electrons. The molecule has 0 atom stereocenters. The predicted molar refractivity (Wildman–Crippen MR) is 71.9 cm³/mol. The first-order valence-corrected chi connectivity index (χ1v) is 5.75. The van der Waals surface area contributed by atoms with Crippen LogP contribution in [0.5, 0.6) is 5.75 Å². The number of carbonyl (C=O) groups excluding carboxylic acids is 1. The smallest absolute Gasteiger partial charge is 0.196 e.